The lowest BCUT2D eigenvalue weighted by Gasteiger charge is -2.18. The molecule has 1 aromatic rings. The fraction of sp³-hybridized carbons (Fsp3) is 0.500. The van der Waals surface area contributed by atoms with Gasteiger partial charge in [-0.1, -0.05) is 0 Å². The highest BCUT2D eigenvalue weighted by Gasteiger charge is 2.27. The van der Waals surface area contributed by atoms with Crippen molar-refractivity contribution in [3.63, 3.8) is 0 Å². The van der Waals surface area contributed by atoms with Crippen LogP contribution in [0.3, 0.4) is 0 Å². The highest BCUT2D eigenvalue weighted by atomic mass is 32.1. The summed E-state index contributed by atoms with van der Waals surface area (Å²) in [6.45, 7) is 1.51. The smallest absolute Gasteiger partial charge is 0.237 e. The van der Waals surface area contributed by atoms with Crippen LogP contribution in [-0.2, 0) is 11.3 Å². The largest absolute Gasteiger partial charge is 0.381 e. The standard InChI is InChI=1S/C12H19N5OS/c1-17-6-2-3-9(17)12(18)15-7-8-4-5-10(19-8)11(13)16-14/h4-5,9H,2-3,6-7,14H2,1H3,(H2,13,16)(H,15,18). The molecule has 1 atom stereocenters. The summed E-state index contributed by atoms with van der Waals surface area (Å²) in [4.78, 5) is 16.0. The van der Waals surface area contributed by atoms with Crippen LogP contribution >= 0.6 is 11.3 Å². The van der Waals surface area contributed by atoms with Crippen molar-refractivity contribution in [2.75, 3.05) is 13.6 Å². The average molecular weight is 281 g/mol. The second-order valence-corrected chi connectivity index (χ2v) is 5.81. The van der Waals surface area contributed by atoms with Crippen LogP contribution in [0.1, 0.15) is 22.6 Å². The number of hydrogen-bond acceptors (Lipinski definition) is 5. The van der Waals surface area contributed by atoms with Gasteiger partial charge < -0.3 is 16.9 Å². The lowest BCUT2D eigenvalue weighted by atomic mass is 10.2. The maximum Gasteiger partial charge on any atom is 0.237 e. The van der Waals surface area contributed by atoms with Gasteiger partial charge in [-0.2, -0.15) is 5.10 Å². The molecular formula is C12H19N5OS. The van der Waals surface area contributed by atoms with E-state index in [0.717, 1.165) is 29.1 Å². The molecule has 6 nitrogen and oxygen atoms in total. The zero-order valence-electron chi connectivity index (χ0n) is 10.9. The van der Waals surface area contributed by atoms with Crippen LogP contribution in [0.25, 0.3) is 0 Å². The van der Waals surface area contributed by atoms with E-state index in [1.807, 2.05) is 19.2 Å². The van der Waals surface area contributed by atoms with Crippen LogP contribution in [0.4, 0.5) is 0 Å². The van der Waals surface area contributed by atoms with Gasteiger partial charge in [0.05, 0.1) is 17.5 Å². The van der Waals surface area contributed by atoms with E-state index < -0.39 is 0 Å². The first-order chi connectivity index (χ1) is 9.11. The van der Waals surface area contributed by atoms with Crippen molar-refractivity contribution >= 4 is 23.1 Å². The summed E-state index contributed by atoms with van der Waals surface area (Å²) in [5.41, 5.74) is 5.62. The Kier molecular flexibility index (Phi) is 4.39. The maximum atomic E-state index is 12.0. The number of thiophene rings is 1. The number of carbonyl (C=O) groups excluding carboxylic acids is 1. The molecule has 0 spiro atoms. The SMILES string of the molecule is CN1CCCC1C(=O)NCc1ccc(/C(N)=N/N)s1. The van der Waals surface area contributed by atoms with E-state index in [1.54, 1.807) is 0 Å². The van der Waals surface area contributed by atoms with Gasteiger partial charge in [-0.05, 0) is 38.6 Å². The summed E-state index contributed by atoms with van der Waals surface area (Å²) in [6.07, 6.45) is 2.02. The second kappa shape index (κ2) is 6.03. The fourth-order valence-electron chi connectivity index (χ4n) is 2.21. The molecule has 1 aromatic heterocycles. The van der Waals surface area contributed by atoms with Crippen LogP contribution in [0, 0.1) is 0 Å². The van der Waals surface area contributed by atoms with Gasteiger partial charge in [0.25, 0.3) is 0 Å². The molecular weight excluding hydrogens is 262 g/mol. The van der Waals surface area contributed by atoms with E-state index in [9.17, 15) is 4.79 Å². The summed E-state index contributed by atoms with van der Waals surface area (Å²) in [5.74, 6) is 5.54. The summed E-state index contributed by atoms with van der Waals surface area (Å²) < 4.78 is 0. The topological polar surface area (TPSA) is 96.7 Å². The predicted molar refractivity (Wildman–Crippen MR) is 76.7 cm³/mol. The first-order valence-electron chi connectivity index (χ1n) is 6.22. The second-order valence-electron chi connectivity index (χ2n) is 4.64. The molecule has 1 aliphatic heterocycles. The van der Waals surface area contributed by atoms with Crippen molar-refractivity contribution in [1.29, 1.82) is 0 Å². The predicted octanol–water partition coefficient (Wildman–Crippen LogP) is 0.0375. The Morgan fingerprint density at radius 2 is 2.42 bits per heavy atom. The monoisotopic (exact) mass is 281 g/mol. The van der Waals surface area contributed by atoms with Gasteiger partial charge in [0.15, 0.2) is 5.84 Å². The Bertz CT molecular complexity index is 484. The summed E-state index contributed by atoms with van der Waals surface area (Å²) in [6, 6.07) is 3.80. The quantitative estimate of drug-likeness (QED) is 0.314. The van der Waals surface area contributed by atoms with Crippen LogP contribution < -0.4 is 16.9 Å². The highest BCUT2D eigenvalue weighted by molar-refractivity contribution is 7.14. The van der Waals surface area contributed by atoms with Crippen LogP contribution in [0.15, 0.2) is 17.2 Å². The maximum absolute atomic E-state index is 12.0. The third-order valence-electron chi connectivity index (χ3n) is 3.31. The number of hydrogen-bond donors (Lipinski definition) is 3. The van der Waals surface area contributed by atoms with Gasteiger partial charge >= 0.3 is 0 Å². The number of amides is 1. The zero-order valence-corrected chi connectivity index (χ0v) is 11.7. The average Bonchev–Trinajstić information content (AvgIpc) is 3.04. The zero-order chi connectivity index (χ0) is 13.8. The van der Waals surface area contributed by atoms with E-state index >= 15 is 0 Å². The Morgan fingerprint density at radius 3 is 3.05 bits per heavy atom. The molecule has 0 bridgehead atoms. The molecule has 5 N–H and O–H groups in total. The molecule has 2 rings (SSSR count). The normalized spacial score (nSPS) is 20.7. The molecule has 2 heterocycles. The third kappa shape index (κ3) is 3.24. The van der Waals surface area contributed by atoms with Gasteiger partial charge in [0, 0.05) is 4.88 Å². The Balaban J connectivity index is 1.88. The third-order valence-corrected chi connectivity index (χ3v) is 4.42. The highest BCUT2D eigenvalue weighted by Crippen LogP contribution is 2.17. The summed E-state index contributed by atoms with van der Waals surface area (Å²) >= 11 is 1.49. The molecule has 1 fully saturated rings. The molecule has 19 heavy (non-hydrogen) atoms. The van der Waals surface area contributed by atoms with Gasteiger partial charge in [-0.15, -0.1) is 11.3 Å². The number of nitrogens with zero attached hydrogens (tertiary/aromatic N) is 2. The molecule has 0 aliphatic carbocycles. The van der Waals surface area contributed by atoms with E-state index in [0.29, 0.717) is 12.4 Å². The minimum Gasteiger partial charge on any atom is -0.381 e. The van der Waals surface area contributed by atoms with Gasteiger partial charge in [0.1, 0.15) is 0 Å². The lowest BCUT2D eigenvalue weighted by Crippen LogP contribution is -2.40. The number of amidine groups is 1. The van der Waals surface area contributed by atoms with Crippen molar-refractivity contribution < 1.29 is 4.79 Å². The molecule has 1 aliphatic rings. The van der Waals surface area contributed by atoms with E-state index in [1.165, 1.54) is 11.3 Å². The van der Waals surface area contributed by atoms with Gasteiger partial charge in [-0.25, -0.2) is 0 Å². The summed E-state index contributed by atoms with van der Waals surface area (Å²) in [5, 5.41) is 6.41. The number of hydrazone groups is 1. The first-order valence-corrected chi connectivity index (χ1v) is 7.04. The molecule has 7 heteroatoms. The van der Waals surface area contributed by atoms with Crippen LogP contribution in [0.2, 0.25) is 0 Å². The van der Waals surface area contributed by atoms with Crippen molar-refractivity contribution in [2.45, 2.75) is 25.4 Å². The molecule has 1 unspecified atom stereocenters. The first kappa shape index (κ1) is 13.8. The number of rotatable bonds is 4. The molecule has 0 radical (unpaired) electrons. The van der Waals surface area contributed by atoms with E-state index in [-0.39, 0.29) is 11.9 Å². The molecule has 104 valence electrons. The number of likely N-dealkylation sites (N-methyl/N-ethyl adjacent to an activating group) is 1. The minimum absolute atomic E-state index is 0.00936. The van der Waals surface area contributed by atoms with Gasteiger partial charge in [0.2, 0.25) is 5.91 Å². The van der Waals surface area contributed by atoms with Crippen LogP contribution in [-0.4, -0.2) is 36.3 Å². The van der Waals surface area contributed by atoms with Crippen LogP contribution in [0.5, 0.6) is 0 Å². The van der Waals surface area contributed by atoms with E-state index in [2.05, 4.69) is 15.3 Å². The molecule has 1 saturated heterocycles. The Labute approximate surface area is 116 Å². The number of carbonyl (C=O) groups is 1. The van der Waals surface area contributed by atoms with Gasteiger partial charge in [-0.3, -0.25) is 9.69 Å². The summed E-state index contributed by atoms with van der Waals surface area (Å²) in [7, 11) is 1.99. The number of nitrogens with one attached hydrogen (secondary N) is 1. The number of likely N-dealkylation sites (tertiary alicyclic amines) is 1. The van der Waals surface area contributed by atoms with Crippen molar-refractivity contribution in [1.82, 2.24) is 10.2 Å². The lowest BCUT2D eigenvalue weighted by molar-refractivity contribution is -0.125. The molecule has 0 saturated carbocycles. The minimum atomic E-state index is 0.00936. The molecule has 1 amide bonds. The van der Waals surface area contributed by atoms with E-state index in [4.69, 9.17) is 11.6 Å². The molecule has 0 aromatic carbocycles. The Hall–Kier alpha value is -1.60. The Morgan fingerprint density at radius 1 is 1.63 bits per heavy atom. The van der Waals surface area contributed by atoms with Crippen molar-refractivity contribution in [3.8, 4) is 0 Å². The van der Waals surface area contributed by atoms with Crippen molar-refractivity contribution in [2.24, 2.45) is 16.7 Å². The number of nitrogens with two attached hydrogens (primary N) is 2. The fourth-order valence-corrected chi connectivity index (χ4v) is 3.06. The van der Waals surface area contributed by atoms with Crippen molar-refractivity contribution in [3.05, 3.63) is 21.9 Å².